The number of nitrogens with zero attached hydrogens (tertiary/aromatic N) is 4. The molecule has 8 nitrogen and oxygen atoms in total. The van der Waals surface area contributed by atoms with Gasteiger partial charge in [-0.25, -0.2) is 4.98 Å². The van der Waals surface area contributed by atoms with Gasteiger partial charge in [0.05, 0.1) is 16.4 Å². The number of hydrogen-bond acceptors (Lipinski definition) is 5. The fraction of sp³-hybridized carbons (Fsp3) is 0.115. The predicted octanol–water partition coefficient (Wildman–Crippen LogP) is 5.43. The molecule has 168 valence electrons. The number of hydrogen-bond donors (Lipinski definition) is 2. The van der Waals surface area contributed by atoms with Gasteiger partial charge in [0, 0.05) is 10.9 Å². The Balaban J connectivity index is 1.60. The molecule has 0 spiro atoms. The molecular formula is C26H21N5O3. The van der Waals surface area contributed by atoms with Crippen molar-refractivity contribution >= 4 is 33.4 Å². The van der Waals surface area contributed by atoms with E-state index in [1.165, 1.54) is 4.57 Å². The quantitative estimate of drug-likeness (QED) is 0.355. The molecule has 2 N–H and O–H groups in total. The summed E-state index contributed by atoms with van der Waals surface area (Å²) >= 11 is 0. The van der Waals surface area contributed by atoms with Crippen molar-refractivity contribution in [2.45, 2.75) is 19.9 Å². The first-order valence-corrected chi connectivity index (χ1v) is 10.8. The number of aromatic nitrogens is 3. The maximum absolute atomic E-state index is 13.4. The summed E-state index contributed by atoms with van der Waals surface area (Å²) in [4.78, 5) is 34.0. The number of nitrogens with one attached hydrogen (secondary N) is 1. The highest BCUT2D eigenvalue weighted by atomic mass is 16.3. The van der Waals surface area contributed by atoms with E-state index in [9.17, 15) is 14.7 Å². The van der Waals surface area contributed by atoms with Gasteiger partial charge in [-0.3, -0.25) is 14.2 Å². The molecule has 0 aliphatic carbocycles. The van der Waals surface area contributed by atoms with Gasteiger partial charge in [0.15, 0.2) is 5.69 Å². The van der Waals surface area contributed by atoms with Crippen LogP contribution < -0.4 is 5.56 Å². The summed E-state index contributed by atoms with van der Waals surface area (Å²) in [6.07, 6.45) is 0. The average Bonchev–Trinajstić information content (AvgIpc) is 3.19. The lowest BCUT2D eigenvalue weighted by Crippen LogP contribution is -2.30. The van der Waals surface area contributed by atoms with Gasteiger partial charge >= 0.3 is 0 Å². The van der Waals surface area contributed by atoms with Gasteiger partial charge in [-0.2, -0.15) is 0 Å². The molecule has 34 heavy (non-hydrogen) atoms. The molecule has 2 heterocycles. The molecule has 0 saturated heterocycles. The van der Waals surface area contributed by atoms with Crippen LogP contribution in [0.2, 0.25) is 0 Å². The van der Waals surface area contributed by atoms with Crippen molar-refractivity contribution in [2.24, 2.45) is 10.2 Å². The summed E-state index contributed by atoms with van der Waals surface area (Å²) < 4.78 is 1.35. The van der Waals surface area contributed by atoms with Crippen LogP contribution in [0.25, 0.3) is 33.2 Å². The molecule has 5 rings (SSSR count). The number of amides is 1. The van der Waals surface area contributed by atoms with Crippen LogP contribution in [-0.2, 0) is 4.79 Å². The van der Waals surface area contributed by atoms with Gasteiger partial charge in [-0.1, -0.05) is 60.7 Å². The molecule has 0 bridgehead atoms. The Bertz CT molecular complexity index is 1630. The Labute approximate surface area is 194 Å². The lowest BCUT2D eigenvalue weighted by Gasteiger charge is -2.17. The van der Waals surface area contributed by atoms with E-state index in [1.807, 2.05) is 55.5 Å². The standard InChI is InChI=1S/C26H21N5O3/c1-15-9-8-13-19-21(15)28-25(33)22(19)29-30-24(32)16(2)31-23(17-10-4-3-5-11-17)27-20-14-7-6-12-18(20)26(31)34/h3-14,16,28,33H,1-2H3/t16-/m0/s1. The molecule has 8 heteroatoms. The molecule has 5 aromatic rings. The number of H-pyrrole nitrogens is 1. The van der Waals surface area contributed by atoms with Crippen LogP contribution in [-0.4, -0.2) is 25.5 Å². The normalized spacial score (nSPS) is 12.5. The Morgan fingerprint density at radius 3 is 2.50 bits per heavy atom. The zero-order valence-electron chi connectivity index (χ0n) is 18.6. The average molecular weight is 451 g/mol. The fourth-order valence-electron chi connectivity index (χ4n) is 4.03. The van der Waals surface area contributed by atoms with Crippen LogP contribution >= 0.6 is 0 Å². The first-order valence-electron chi connectivity index (χ1n) is 10.8. The lowest BCUT2D eigenvalue weighted by molar-refractivity contribution is -0.121. The van der Waals surface area contributed by atoms with Crippen molar-refractivity contribution in [1.82, 2.24) is 14.5 Å². The zero-order valence-corrected chi connectivity index (χ0v) is 18.6. The van der Waals surface area contributed by atoms with Crippen molar-refractivity contribution in [3.8, 4) is 17.3 Å². The topological polar surface area (TPSA) is 113 Å². The van der Waals surface area contributed by atoms with Gasteiger partial charge in [-0.15, -0.1) is 10.2 Å². The highest BCUT2D eigenvalue weighted by Crippen LogP contribution is 2.36. The van der Waals surface area contributed by atoms with Crippen molar-refractivity contribution in [1.29, 1.82) is 0 Å². The van der Waals surface area contributed by atoms with Crippen LogP contribution in [0.4, 0.5) is 5.69 Å². The number of aromatic amines is 1. The maximum Gasteiger partial charge on any atom is 0.287 e. The van der Waals surface area contributed by atoms with E-state index in [2.05, 4.69) is 20.2 Å². The van der Waals surface area contributed by atoms with Crippen LogP contribution in [0.15, 0.2) is 87.8 Å². The van der Waals surface area contributed by atoms with E-state index < -0.39 is 11.9 Å². The highest BCUT2D eigenvalue weighted by Gasteiger charge is 2.23. The van der Waals surface area contributed by atoms with E-state index in [4.69, 9.17) is 0 Å². The second-order valence-electron chi connectivity index (χ2n) is 8.03. The number of rotatable bonds is 4. The number of carbonyl (C=O) groups excluding carboxylic acids is 1. The molecule has 0 unspecified atom stereocenters. The molecule has 0 fully saturated rings. The monoisotopic (exact) mass is 451 g/mol. The summed E-state index contributed by atoms with van der Waals surface area (Å²) in [7, 11) is 0. The minimum absolute atomic E-state index is 0.173. The minimum atomic E-state index is -0.974. The molecular weight excluding hydrogens is 430 g/mol. The van der Waals surface area contributed by atoms with Gasteiger partial charge in [-0.05, 0) is 31.5 Å². The number of fused-ring (bicyclic) bond motifs is 2. The maximum atomic E-state index is 13.4. The Morgan fingerprint density at radius 2 is 1.71 bits per heavy atom. The van der Waals surface area contributed by atoms with Crippen LogP contribution in [0, 0.1) is 6.92 Å². The molecule has 2 aromatic heterocycles. The summed E-state index contributed by atoms with van der Waals surface area (Å²) in [5.74, 6) is -0.452. The van der Waals surface area contributed by atoms with Gasteiger partial charge in [0.25, 0.3) is 11.5 Å². The van der Waals surface area contributed by atoms with Gasteiger partial charge < -0.3 is 10.1 Å². The molecule has 0 radical (unpaired) electrons. The summed E-state index contributed by atoms with van der Waals surface area (Å²) in [6, 6.07) is 20.8. The molecule has 1 amide bonds. The first kappa shape index (κ1) is 21.3. The first-order chi connectivity index (χ1) is 16.5. The van der Waals surface area contributed by atoms with Gasteiger partial charge in [0.1, 0.15) is 11.9 Å². The summed E-state index contributed by atoms with van der Waals surface area (Å²) in [5, 5.41) is 19.2. The van der Waals surface area contributed by atoms with Crippen molar-refractivity contribution in [2.75, 3.05) is 0 Å². The fourth-order valence-corrected chi connectivity index (χ4v) is 4.03. The predicted molar refractivity (Wildman–Crippen MR) is 130 cm³/mol. The van der Waals surface area contributed by atoms with E-state index in [1.54, 1.807) is 31.2 Å². The summed E-state index contributed by atoms with van der Waals surface area (Å²) in [6.45, 7) is 3.49. The van der Waals surface area contributed by atoms with Crippen LogP contribution in [0.1, 0.15) is 18.5 Å². The molecule has 1 atom stereocenters. The van der Waals surface area contributed by atoms with Gasteiger partial charge in [0.2, 0.25) is 5.88 Å². The number of aryl methyl sites for hydroxylation is 1. The van der Waals surface area contributed by atoms with E-state index in [0.29, 0.717) is 27.7 Å². The molecule has 0 saturated carbocycles. The zero-order chi connectivity index (χ0) is 23.8. The summed E-state index contributed by atoms with van der Waals surface area (Å²) in [5.41, 5.74) is 2.72. The third-order valence-corrected chi connectivity index (χ3v) is 5.83. The molecule has 0 aliphatic rings. The Morgan fingerprint density at radius 1 is 1.00 bits per heavy atom. The number of carbonyl (C=O) groups is 1. The van der Waals surface area contributed by atoms with E-state index in [0.717, 1.165) is 11.1 Å². The number of azo groups is 1. The van der Waals surface area contributed by atoms with Crippen LogP contribution in [0.5, 0.6) is 5.88 Å². The molecule has 0 aliphatic heterocycles. The highest BCUT2D eigenvalue weighted by molar-refractivity contribution is 5.96. The van der Waals surface area contributed by atoms with Crippen molar-refractivity contribution < 1.29 is 9.90 Å². The van der Waals surface area contributed by atoms with Crippen molar-refractivity contribution in [3.63, 3.8) is 0 Å². The molecule has 3 aromatic carbocycles. The van der Waals surface area contributed by atoms with Crippen LogP contribution in [0.3, 0.4) is 0 Å². The Kier molecular flexibility index (Phi) is 5.25. The second kappa shape index (κ2) is 8.40. The Hall–Kier alpha value is -4.59. The third-order valence-electron chi connectivity index (χ3n) is 5.83. The van der Waals surface area contributed by atoms with E-state index in [-0.39, 0.29) is 17.1 Å². The SMILES string of the molecule is Cc1cccc2c(N=NC(=O)[C@H](C)n3c(-c4ccccc4)nc4ccccc4c3=O)c(O)[nH]c12. The smallest absolute Gasteiger partial charge is 0.287 e. The second-order valence-corrected chi connectivity index (χ2v) is 8.03. The van der Waals surface area contributed by atoms with Crippen molar-refractivity contribution in [3.05, 3.63) is 88.7 Å². The third kappa shape index (κ3) is 3.55. The number of benzene rings is 3. The number of para-hydroxylation sites is 2. The largest absolute Gasteiger partial charge is 0.493 e. The van der Waals surface area contributed by atoms with E-state index >= 15 is 0 Å². The number of aromatic hydroxyl groups is 1. The lowest BCUT2D eigenvalue weighted by atomic mass is 10.1. The minimum Gasteiger partial charge on any atom is -0.493 e.